The van der Waals surface area contributed by atoms with Crippen LogP contribution in [-0.4, -0.2) is 18.0 Å². The summed E-state index contributed by atoms with van der Waals surface area (Å²) in [7, 11) is -2.78. The monoisotopic (exact) mass is 205 g/mol. The highest BCUT2D eigenvalue weighted by molar-refractivity contribution is 7.89. The molecule has 0 aliphatic rings. The van der Waals surface area contributed by atoms with E-state index in [-0.39, 0.29) is 0 Å². The van der Waals surface area contributed by atoms with Gasteiger partial charge in [-0.05, 0) is 0 Å². The number of aromatic nitrogens is 2. The van der Waals surface area contributed by atoms with Gasteiger partial charge in [0.25, 0.3) is 5.56 Å². The van der Waals surface area contributed by atoms with Crippen molar-refractivity contribution in [2.24, 2.45) is 12.2 Å². The molecule has 1 aromatic rings. The van der Waals surface area contributed by atoms with Crippen LogP contribution in [0.1, 0.15) is 0 Å². The summed E-state index contributed by atoms with van der Waals surface area (Å²) in [5.74, 6) is 0. The summed E-state index contributed by atoms with van der Waals surface area (Å²) in [5, 5.41) is 4.71. The topological polar surface area (TPSA) is 115 Å². The number of rotatable bonds is 1. The van der Waals surface area contributed by atoms with E-state index in [1.165, 1.54) is 7.05 Å². The highest BCUT2D eigenvalue weighted by atomic mass is 32.2. The van der Waals surface area contributed by atoms with E-state index in [2.05, 4.69) is 0 Å². The van der Waals surface area contributed by atoms with Crippen LogP contribution in [0.2, 0.25) is 0 Å². The second-order valence-electron chi connectivity index (χ2n) is 2.41. The molecule has 8 heteroatoms. The predicted octanol–water partition coefficient (Wildman–Crippen LogP) is -2.28. The summed E-state index contributed by atoms with van der Waals surface area (Å²) in [6, 6.07) is 0. The van der Waals surface area contributed by atoms with Gasteiger partial charge >= 0.3 is 5.69 Å². The molecule has 0 aliphatic heterocycles. The quantitative estimate of drug-likeness (QED) is 0.537. The molecule has 0 radical (unpaired) electrons. The molecule has 0 amide bonds. The highest BCUT2D eigenvalue weighted by Gasteiger charge is 2.13. The maximum atomic E-state index is 10.9. The molecule has 1 rings (SSSR count). The zero-order valence-corrected chi connectivity index (χ0v) is 7.46. The predicted molar refractivity (Wildman–Crippen MR) is 43.7 cm³/mol. The number of nitrogens with one attached hydrogen (secondary N) is 1. The molecule has 72 valence electrons. The van der Waals surface area contributed by atoms with Gasteiger partial charge in [-0.2, -0.15) is 0 Å². The Morgan fingerprint density at radius 2 is 2.00 bits per heavy atom. The van der Waals surface area contributed by atoms with E-state index in [0.717, 1.165) is 10.8 Å². The van der Waals surface area contributed by atoms with Gasteiger partial charge in [0.2, 0.25) is 10.0 Å². The third-order valence-electron chi connectivity index (χ3n) is 1.38. The standard InChI is InChI=1S/C5H7N3O4S/c1-8-2-3(13(6,11)12)4(9)7-5(8)10/h2H,1H3,(H2,6,11,12)(H,7,9,10). The number of aryl methyl sites for hydroxylation is 1. The maximum Gasteiger partial charge on any atom is 0.328 e. The van der Waals surface area contributed by atoms with Crippen molar-refractivity contribution in [1.29, 1.82) is 0 Å². The molecule has 0 bridgehead atoms. The van der Waals surface area contributed by atoms with Crippen LogP contribution < -0.4 is 16.4 Å². The third kappa shape index (κ3) is 1.84. The van der Waals surface area contributed by atoms with Crippen molar-refractivity contribution >= 4 is 10.0 Å². The largest absolute Gasteiger partial charge is 0.328 e. The summed E-state index contributed by atoms with van der Waals surface area (Å²) in [6.07, 6.45) is 0.872. The summed E-state index contributed by atoms with van der Waals surface area (Å²) >= 11 is 0. The lowest BCUT2D eigenvalue weighted by Gasteiger charge is -1.98. The third-order valence-corrected chi connectivity index (χ3v) is 2.29. The molecule has 0 atom stereocenters. The van der Waals surface area contributed by atoms with Gasteiger partial charge in [-0.1, -0.05) is 0 Å². The van der Waals surface area contributed by atoms with Crippen LogP contribution >= 0.6 is 0 Å². The molecule has 7 nitrogen and oxygen atoms in total. The lowest BCUT2D eigenvalue weighted by molar-refractivity contribution is 0.593. The Bertz CT molecular complexity index is 538. The first-order valence-electron chi connectivity index (χ1n) is 3.15. The number of sulfonamides is 1. The van der Waals surface area contributed by atoms with Gasteiger partial charge in [0.05, 0.1) is 0 Å². The highest BCUT2D eigenvalue weighted by Crippen LogP contribution is 1.93. The lowest BCUT2D eigenvalue weighted by atomic mass is 10.6. The number of nitrogens with zero attached hydrogens (tertiary/aromatic N) is 1. The molecule has 0 unspecified atom stereocenters. The average molecular weight is 205 g/mol. The normalized spacial score (nSPS) is 11.5. The Morgan fingerprint density at radius 1 is 1.46 bits per heavy atom. The molecule has 0 spiro atoms. The number of H-pyrrole nitrogens is 1. The Labute approximate surface area is 72.9 Å². The van der Waals surface area contributed by atoms with Gasteiger partial charge in [0.15, 0.2) is 4.90 Å². The van der Waals surface area contributed by atoms with Crippen LogP contribution in [-0.2, 0) is 17.1 Å². The van der Waals surface area contributed by atoms with Crippen molar-refractivity contribution in [1.82, 2.24) is 9.55 Å². The molecule has 0 fully saturated rings. The van der Waals surface area contributed by atoms with Gasteiger partial charge in [0, 0.05) is 13.2 Å². The zero-order chi connectivity index (χ0) is 10.2. The van der Waals surface area contributed by atoms with Crippen molar-refractivity contribution in [3.8, 4) is 0 Å². The van der Waals surface area contributed by atoms with Crippen molar-refractivity contribution in [3.05, 3.63) is 27.0 Å². The molecule has 0 aliphatic carbocycles. The van der Waals surface area contributed by atoms with Gasteiger partial charge in [-0.15, -0.1) is 0 Å². The second-order valence-corrected chi connectivity index (χ2v) is 3.94. The molecule has 1 aromatic heterocycles. The first-order valence-corrected chi connectivity index (χ1v) is 4.70. The molecule has 1 heterocycles. The average Bonchev–Trinajstić information content (AvgIpc) is 1.94. The van der Waals surface area contributed by atoms with Crippen LogP contribution in [0.4, 0.5) is 0 Å². The molecule has 0 aromatic carbocycles. The number of nitrogens with two attached hydrogens (primary N) is 1. The van der Waals surface area contributed by atoms with Crippen molar-refractivity contribution < 1.29 is 8.42 Å². The summed E-state index contributed by atoms with van der Waals surface area (Å²) in [4.78, 5) is 22.9. The molecule has 0 saturated heterocycles. The van der Waals surface area contributed by atoms with Crippen molar-refractivity contribution in [3.63, 3.8) is 0 Å². The van der Waals surface area contributed by atoms with E-state index in [1.807, 2.05) is 0 Å². The fraction of sp³-hybridized carbons (Fsp3) is 0.200. The lowest BCUT2D eigenvalue weighted by Crippen LogP contribution is -2.33. The molecule has 0 saturated carbocycles. The number of hydrogen-bond acceptors (Lipinski definition) is 4. The van der Waals surface area contributed by atoms with Crippen molar-refractivity contribution in [2.45, 2.75) is 4.90 Å². The SMILES string of the molecule is Cn1cc(S(N)(=O)=O)c(=O)[nH]c1=O. The van der Waals surface area contributed by atoms with E-state index in [9.17, 15) is 18.0 Å². The van der Waals surface area contributed by atoms with Crippen LogP contribution in [0.5, 0.6) is 0 Å². The van der Waals surface area contributed by atoms with Crippen molar-refractivity contribution in [2.75, 3.05) is 0 Å². The van der Waals surface area contributed by atoms with E-state index in [1.54, 1.807) is 4.98 Å². The number of hydrogen-bond donors (Lipinski definition) is 2. The Morgan fingerprint density at radius 3 is 2.46 bits per heavy atom. The first kappa shape index (κ1) is 9.68. The van der Waals surface area contributed by atoms with Gasteiger partial charge < -0.3 is 4.57 Å². The number of aromatic amines is 1. The summed E-state index contributed by atoms with van der Waals surface area (Å²) in [5.41, 5.74) is -1.71. The molecular formula is C5H7N3O4S. The second kappa shape index (κ2) is 2.82. The Balaban J connectivity index is 3.70. The summed E-state index contributed by atoms with van der Waals surface area (Å²) < 4.78 is 22.4. The maximum absolute atomic E-state index is 10.9. The Hall–Kier alpha value is -1.41. The minimum Gasteiger partial charge on any atom is -0.302 e. The van der Waals surface area contributed by atoms with Crippen LogP contribution in [0.15, 0.2) is 20.7 Å². The number of primary sulfonamides is 1. The van der Waals surface area contributed by atoms with E-state index >= 15 is 0 Å². The zero-order valence-electron chi connectivity index (χ0n) is 6.64. The fourth-order valence-corrected chi connectivity index (χ4v) is 1.36. The first-order chi connectivity index (χ1) is 5.82. The van der Waals surface area contributed by atoms with Gasteiger partial charge in [-0.3, -0.25) is 9.78 Å². The van der Waals surface area contributed by atoms with E-state index in [0.29, 0.717) is 0 Å². The minimum absolute atomic E-state index is 0.630. The molecule has 13 heavy (non-hydrogen) atoms. The van der Waals surface area contributed by atoms with Gasteiger partial charge in [0.1, 0.15) is 0 Å². The fourth-order valence-electron chi connectivity index (χ4n) is 0.743. The van der Waals surface area contributed by atoms with Crippen LogP contribution in [0, 0.1) is 0 Å². The van der Waals surface area contributed by atoms with Gasteiger partial charge in [-0.25, -0.2) is 18.4 Å². The minimum atomic E-state index is -4.08. The van der Waals surface area contributed by atoms with E-state index in [4.69, 9.17) is 5.14 Å². The molecular weight excluding hydrogens is 198 g/mol. The van der Waals surface area contributed by atoms with Crippen LogP contribution in [0.25, 0.3) is 0 Å². The smallest absolute Gasteiger partial charge is 0.302 e. The van der Waals surface area contributed by atoms with Crippen LogP contribution in [0.3, 0.4) is 0 Å². The van der Waals surface area contributed by atoms with E-state index < -0.39 is 26.2 Å². The Kier molecular flexibility index (Phi) is 2.10. The summed E-state index contributed by atoms with van der Waals surface area (Å²) in [6.45, 7) is 0. The molecule has 3 N–H and O–H groups in total.